The second kappa shape index (κ2) is 6.26. The second-order valence-corrected chi connectivity index (χ2v) is 5.71. The normalized spacial score (nSPS) is 14.3. The van der Waals surface area contributed by atoms with E-state index in [4.69, 9.17) is 11.6 Å². The van der Waals surface area contributed by atoms with Gasteiger partial charge in [0, 0.05) is 11.2 Å². The van der Waals surface area contributed by atoms with Crippen molar-refractivity contribution in [3.63, 3.8) is 0 Å². The fourth-order valence-corrected chi connectivity index (χ4v) is 2.42. The van der Waals surface area contributed by atoms with E-state index in [1.807, 2.05) is 19.1 Å². The molecule has 2 amide bonds. The summed E-state index contributed by atoms with van der Waals surface area (Å²) in [5, 5.41) is 9.11. The van der Waals surface area contributed by atoms with Crippen LogP contribution in [0.3, 0.4) is 0 Å². The Morgan fingerprint density at radius 2 is 2.09 bits per heavy atom. The number of rotatable bonds is 3. The number of fused-ring (bicyclic) bond motifs is 1. The van der Waals surface area contributed by atoms with Crippen molar-refractivity contribution in [3.8, 4) is 0 Å². The van der Waals surface area contributed by atoms with Crippen LogP contribution in [0.1, 0.15) is 28.9 Å². The van der Waals surface area contributed by atoms with Gasteiger partial charge < -0.3 is 16.0 Å². The molecule has 1 aromatic carbocycles. The monoisotopic (exact) mass is 330 g/mol. The zero-order valence-electron chi connectivity index (χ0n) is 12.4. The SMILES string of the molecule is CC(NC(=O)c1cnc2c(c1)NC(=O)CN2)c1ccc(Cl)cc1. The number of hydrogen-bond donors (Lipinski definition) is 3. The Labute approximate surface area is 138 Å². The summed E-state index contributed by atoms with van der Waals surface area (Å²) in [7, 11) is 0. The summed E-state index contributed by atoms with van der Waals surface area (Å²) >= 11 is 5.86. The van der Waals surface area contributed by atoms with E-state index in [2.05, 4.69) is 20.9 Å². The average Bonchev–Trinajstić information content (AvgIpc) is 2.54. The molecule has 1 atom stereocenters. The zero-order valence-corrected chi connectivity index (χ0v) is 13.1. The van der Waals surface area contributed by atoms with E-state index in [-0.39, 0.29) is 24.4 Å². The molecule has 118 valence electrons. The number of carbonyl (C=O) groups excluding carboxylic acids is 2. The molecule has 1 unspecified atom stereocenters. The summed E-state index contributed by atoms with van der Waals surface area (Å²) in [6, 6.07) is 8.72. The molecule has 6 nitrogen and oxygen atoms in total. The first-order valence-corrected chi connectivity index (χ1v) is 7.51. The molecule has 3 rings (SSSR count). The number of carbonyl (C=O) groups is 2. The predicted octanol–water partition coefficient (Wildman–Crippen LogP) is 2.59. The fraction of sp³-hybridized carbons (Fsp3) is 0.188. The largest absolute Gasteiger partial charge is 0.359 e. The number of pyridine rings is 1. The lowest BCUT2D eigenvalue weighted by Crippen LogP contribution is -2.30. The Bertz CT molecular complexity index is 761. The maximum absolute atomic E-state index is 12.4. The molecule has 0 bridgehead atoms. The molecule has 7 heteroatoms. The Morgan fingerprint density at radius 1 is 1.35 bits per heavy atom. The summed E-state index contributed by atoms with van der Waals surface area (Å²) in [6.07, 6.45) is 1.48. The highest BCUT2D eigenvalue weighted by Gasteiger charge is 2.18. The van der Waals surface area contributed by atoms with Gasteiger partial charge in [0.05, 0.1) is 23.8 Å². The highest BCUT2D eigenvalue weighted by Crippen LogP contribution is 2.23. The van der Waals surface area contributed by atoms with Crippen molar-refractivity contribution >= 4 is 34.9 Å². The zero-order chi connectivity index (χ0) is 16.4. The lowest BCUT2D eigenvalue weighted by atomic mass is 10.1. The predicted molar refractivity (Wildman–Crippen MR) is 88.7 cm³/mol. The van der Waals surface area contributed by atoms with E-state index >= 15 is 0 Å². The Balaban J connectivity index is 1.74. The number of benzene rings is 1. The first-order chi connectivity index (χ1) is 11.0. The van der Waals surface area contributed by atoms with Gasteiger partial charge in [0.25, 0.3) is 5.91 Å². The van der Waals surface area contributed by atoms with Crippen LogP contribution in [0.5, 0.6) is 0 Å². The Hall–Kier alpha value is -2.60. The standard InChI is InChI=1S/C16H15ClN4O2/c1-9(10-2-4-12(17)5-3-10)20-16(23)11-6-13-15(18-7-11)19-8-14(22)21-13/h2-7,9H,8H2,1H3,(H,18,19)(H,20,23)(H,21,22). The molecule has 1 aliphatic heterocycles. The number of nitrogens with one attached hydrogen (secondary N) is 3. The molecule has 0 spiro atoms. The lowest BCUT2D eigenvalue weighted by molar-refractivity contribution is -0.114. The lowest BCUT2D eigenvalue weighted by Gasteiger charge is -2.19. The van der Waals surface area contributed by atoms with Gasteiger partial charge in [-0.3, -0.25) is 9.59 Å². The minimum absolute atomic E-state index is 0.161. The van der Waals surface area contributed by atoms with Gasteiger partial charge in [-0.2, -0.15) is 0 Å². The highest BCUT2D eigenvalue weighted by atomic mass is 35.5. The van der Waals surface area contributed by atoms with Crippen molar-refractivity contribution in [1.29, 1.82) is 0 Å². The van der Waals surface area contributed by atoms with Crippen molar-refractivity contribution in [2.24, 2.45) is 0 Å². The molecule has 0 radical (unpaired) electrons. The van der Waals surface area contributed by atoms with Crippen LogP contribution in [-0.2, 0) is 4.79 Å². The minimum atomic E-state index is -0.262. The summed E-state index contributed by atoms with van der Waals surface area (Å²) in [5.41, 5.74) is 1.84. The van der Waals surface area contributed by atoms with Crippen LogP contribution < -0.4 is 16.0 Å². The van der Waals surface area contributed by atoms with Crippen molar-refractivity contribution < 1.29 is 9.59 Å². The number of halogens is 1. The van der Waals surface area contributed by atoms with Crippen LogP contribution >= 0.6 is 11.6 Å². The van der Waals surface area contributed by atoms with Gasteiger partial charge in [-0.25, -0.2) is 4.98 Å². The smallest absolute Gasteiger partial charge is 0.253 e. The van der Waals surface area contributed by atoms with E-state index < -0.39 is 0 Å². The van der Waals surface area contributed by atoms with Crippen LogP contribution in [0.25, 0.3) is 0 Å². The molecule has 0 saturated carbocycles. The highest BCUT2D eigenvalue weighted by molar-refractivity contribution is 6.30. The van der Waals surface area contributed by atoms with Gasteiger partial charge in [0.1, 0.15) is 5.82 Å². The molecule has 3 N–H and O–H groups in total. The van der Waals surface area contributed by atoms with Crippen LogP contribution in [-0.4, -0.2) is 23.3 Å². The van der Waals surface area contributed by atoms with Gasteiger partial charge in [-0.1, -0.05) is 23.7 Å². The quantitative estimate of drug-likeness (QED) is 0.807. The number of nitrogens with zero attached hydrogens (tertiary/aromatic N) is 1. The summed E-state index contributed by atoms with van der Waals surface area (Å²) in [6.45, 7) is 2.06. The fourth-order valence-electron chi connectivity index (χ4n) is 2.30. The van der Waals surface area contributed by atoms with Gasteiger partial charge in [-0.15, -0.1) is 0 Å². The third-order valence-electron chi connectivity index (χ3n) is 3.56. The first kappa shape index (κ1) is 15.3. The van der Waals surface area contributed by atoms with Crippen LogP contribution in [0.4, 0.5) is 11.5 Å². The van der Waals surface area contributed by atoms with Crippen LogP contribution in [0, 0.1) is 0 Å². The molecule has 0 fully saturated rings. The first-order valence-electron chi connectivity index (χ1n) is 7.13. The van der Waals surface area contributed by atoms with E-state index in [9.17, 15) is 9.59 Å². The molecule has 0 saturated heterocycles. The molecule has 2 aromatic rings. The maximum Gasteiger partial charge on any atom is 0.253 e. The van der Waals surface area contributed by atoms with E-state index in [1.165, 1.54) is 6.20 Å². The topological polar surface area (TPSA) is 83.1 Å². The van der Waals surface area contributed by atoms with Crippen molar-refractivity contribution in [2.75, 3.05) is 17.2 Å². The molecule has 1 aromatic heterocycles. The third-order valence-corrected chi connectivity index (χ3v) is 3.81. The van der Waals surface area contributed by atoms with E-state index in [0.717, 1.165) is 5.56 Å². The summed E-state index contributed by atoms with van der Waals surface area (Å²) < 4.78 is 0. The van der Waals surface area contributed by atoms with E-state index in [1.54, 1.807) is 18.2 Å². The summed E-state index contributed by atoms with van der Waals surface area (Å²) in [4.78, 5) is 27.9. The second-order valence-electron chi connectivity index (χ2n) is 5.27. The third kappa shape index (κ3) is 3.43. The minimum Gasteiger partial charge on any atom is -0.359 e. The molecule has 0 aliphatic carbocycles. The maximum atomic E-state index is 12.4. The van der Waals surface area contributed by atoms with Crippen molar-refractivity contribution in [3.05, 3.63) is 52.7 Å². The average molecular weight is 331 g/mol. The molecule has 23 heavy (non-hydrogen) atoms. The van der Waals surface area contributed by atoms with Crippen LogP contribution in [0.15, 0.2) is 36.5 Å². The molecule has 1 aliphatic rings. The Kier molecular flexibility index (Phi) is 4.16. The number of amides is 2. The van der Waals surface area contributed by atoms with Crippen molar-refractivity contribution in [2.45, 2.75) is 13.0 Å². The van der Waals surface area contributed by atoms with Gasteiger partial charge in [0.15, 0.2) is 0 Å². The number of hydrogen-bond acceptors (Lipinski definition) is 4. The van der Waals surface area contributed by atoms with Gasteiger partial charge in [0.2, 0.25) is 5.91 Å². The summed E-state index contributed by atoms with van der Waals surface area (Å²) in [5.74, 6) is 0.140. The number of anilines is 2. The molecular formula is C16H15ClN4O2. The van der Waals surface area contributed by atoms with Gasteiger partial charge in [-0.05, 0) is 30.7 Å². The van der Waals surface area contributed by atoms with Crippen LogP contribution in [0.2, 0.25) is 5.02 Å². The molecule has 2 heterocycles. The van der Waals surface area contributed by atoms with E-state index in [0.29, 0.717) is 22.1 Å². The van der Waals surface area contributed by atoms with Crippen molar-refractivity contribution in [1.82, 2.24) is 10.3 Å². The number of aromatic nitrogens is 1. The Morgan fingerprint density at radius 3 is 2.83 bits per heavy atom. The van der Waals surface area contributed by atoms with Gasteiger partial charge >= 0.3 is 0 Å². The molecular weight excluding hydrogens is 316 g/mol.